The van der Waals surface area contributed by atoms with E-state index in [2.05, 4.69) is 6.92 Å². The second-order valence-electron chi connectivity index (χ2n) is 8.94. The van der Waals surface area contributed by atoms with E-state index in [9.17, 15) is 14.4 Å². The zero-order valence-corrected chi connectivity index (χ0v) is 19.2. The van der Waals surface area contributed by atoms with E-state index in [-0.39, 0.29) is 23.4 Å². The Kier molecular flexibility index (Phi) is 6.53. The standard InChI is InChI=1S/C25H32N2O5/c1-4-6-19-15-22(28)32-23-16(2)21(10-9-20(19)23)31-17(3)24(29)26-11-5-12-27(14-13-26)25(30)18-7-8-18/h9-10,15,17-18H,4-8,11-14H2,1-3H3. The Morgan fingerprint density at radius 2 is 1.88 bits per heavy atom. The quantitative estimate of drug-likeness (QED) is 0.644. The third kappa shape index (κ3) is 4.66. The molecule has 2 heterocycles. The van der Waals surface area contributed by atoms with Crippen molar-refractivity contribution < 1.29 is 18.7 Å². The molecule has 7 heteroatoms. The van der Waals surface area contributed by atoms with Crippen molar-refractivity contribution in [1.82, 2.24) is 9.80 Å². The summed E-state index contributed by atoms with van der Waals surface area (Å²) in [5.74, 6) is 0.884. The molecule has 1 aromatic heterocycles. The summed E-state index contributed by atoms with van der Waals surface area (Å²) < 4.78 is 11.5. The van der Waals surface area contributed by atoms with Crippen molar-refractivity contribution in [3.05, 3.63) is 39.7 Å². The van der Waals surface area contributed by atoms with Gasteiger partial charge in [-0.2, -0.15) is 0 Å². The molecule has 2 fully saturated rings. The summed E-state index contributed by atoms with van der Waals surface area (Å²) in [5.41, 5.74) is 1.82. The van der Waals surface area contributed by atoms with Gasteiger partial charge in [0.1, 0.15) is 11.3 Å². The van der Waals surface area contributed by atoms with Gasteiger partial charge in [0, 0.05) is 49.1 Å². The van der Waals surface area contributed by atoms with Crippen molar-refractivity contribution in [2.75, 3.05) is 26.2 Å². The minimum Gasteiger partial charge on any atom is -0.480 e. The Bertz CT molecular complexity index is 1070. The van der Waals surface area contributed by atoms with Crippen molar-refractivity contribution in [3.8, 4) is 5.75 Å². The van der Waals surface area contributed by atoms with E-state index in [0.29, 0.717) is 43.1 Å². The molecule has 0 bridgehead atoms. The lowest BCUT2D eigenvalue weighted by Gasteiger charge is -2.25. The minimum absolute atomic E-state index is 0.0913. The van der Waals surface area contributed by atoms with Crippen LogP contribution in [0.3, 0.4) is 0 Å². The normalized spacial score (nSPS) is 17.8. The van der Waals surface area contributed by atoms with Gasteiger partial charge in [0.25, 0.3) is 5.91 Å². The summed E-state index contributed by atoms with van der Waals surface area (Å²) in [6.07, 6.45) is 3.81. The molecule has 1 aliphatic carbocycles. The van der Waals surface area contributed by atoms with Gasteiger partial charge in [-0.1, -0.05) is 13.3 Å². The first-order valence-electron chi connectivity index (χ1n) is 11.7. The average molecular weight is 441 g/mol. The van der Waals surface area contributed by atoms with Crippen LogP contribution in [0.15, 0.2) is 27.4 Å². The molecular formula is C25H32N2O5. The van der Waals surface area contributed by atoms with Gasteiger partial charge in [0.2, 0.25) is 5.91 Å². The maximum absolute atomic E-state index is 13.1. The second kappa shape index (κ2) is 9.35. The van der Waals surface area contributed by atoms with Gasteiger partial charge in [-0.15, -0.1) is 0 Å². The van der Waals surface area contributed by atoms with E-state index >= 15 is 0 Å². The van der Waals surface area contributed by atoms with Crippen LogP contribution in [0.1, 0.15) is 50.7 Å². The third-order valence-corrected chi connectivity index (χ3v) is 6.41. The van der Waals surface area contributed by atoms with E-state index in [0.717, 1.165) is 43.1 Å². The monoisotopic (exact) mass is 440 g/mol. The Labute approximate surface area is 188 Å². The molecule has 1 atom stereocenters. The van der Waals surface area contributed by atoms with Crippen molar-refractivity contribution in [1.29, 1.82) is 0 Å². The van der Waals surface area contributed by atoms with Gasteiger partial charge in [0.15, 0.2) is 6.10 Å². The first kappa shape index (κ1) is 22.4. The van der Waals surface area contributed by atoms with Gasteiger partial charge in [-0.25, -0.2) is 4.79 Å². The Morgan fingerprint density at radius 1 is 1.16 bits per heavy atom. The lowest BCUT2D eigenvalue weighted by molar-refractivity contribution is -0.138. The van der Waals surface area contributed by atoms with Gasteiger partial charge in [0.05, 0.1) is 0 Å². The van der Waals surface area contributed by atoms with E-state index in [1.165, 1.54) is 0 Å². The Morgan fingerprint density at radius 3 is 2.59 bits per heavy atom. The smallest absolute Gasteiger partial charge is 0.336 e. The summed E-state index contributed by atoms with van der Waals surface area (Å²) in [6.45, 7) is 8.09. The van der Waals surface area contributed by atoms with Crippen molar-refractivity contribution in [2.45, 2.75) is 59.0 Å². The fraction of sp³-hybridized carbons (Fsp3) is 0.560. The molecule has 1 saturated heterocycles. The van der Waals surface area contributed by atoms with Gasteiger partial charge in [-0.05, 0) is 57.2 Å². The number of hydrogen-bond acceptors (Lipinski definition) is 5. The van der Waals surface area contributed by atoms with Gasteiger partial charge in [-0.3, -0.25) is 9.59 Å². The van der Waals surface area contributed by atoms with Crippen molar-refractivity contribution >= 4 is 22.8 Å². The number of amides is 2. The molecule has 0 radical (unpaired) electrons. The fourth-order valence-corrected chi connectivity index (χ4v) is 4.46. The molecule has 2 aliphatic rings. The molecule has 7 nitrogen and oxygen atoms in total. The number of aryl methyl sites for hydroxylation is 2. The highest BCUT2D eigenvalue weighted by Gasteiger charge is 2.34. The molecule has 1 saturated carbocycles. The number of fused-ring (bicyclic) bond motifs is 1. The van der Waals surface area contributed by atoms with Crippen LogP contribution in [0.4, 0.5) is 0 Å². The lowest BCUT2D eigenvalue weighted by Crippen LogP contribution is -2.43. The zero-order chi connectivity index (χ0) is 22.8. The number of hydrogen-bond donors (Lipinski definition) is 0. The maximum Gasteiger partial charge on any atom is 0.336 e. The summed E-state index contributed by atoms with van der Waals surface area (Å²) in [7, 11) is 0. The number of rotatable bonds is 6. The van der Waals surface area contributed by atoms with Crippen LogP contribution in [0.2, 0.25) is 0 Å². The third-order valence-electron chi connectivity index (χ3n) is 6.41. The fourth-order valence-electron chi connectivity index (χ4n) is 4.46. The summed E-state index contributed by atoms with van der Waals surface area (Å²) >= 11 is 0. The molecule has 32 heavy (non-hydrogen) atoms. The molecule has 1 aliphatic heterocycles. The van der Waals surface area contributed by atoms with Crippen LogP contribution in [-0.4, -0.2) is 53.9 Å². The summed E-state index contributed by atoms with van der Waals surface area (Å²) in [5, 5.41) is 0.906. The van der Waals surface area contributed by atoms with Crippen LogP contribution in [-0.2, 0) is 16.0 Å². The predicted molar refractivity (Wildman–Crippen MR) is 122 cm³/mol. The first-order valence-corrected chi connectivity index (χ1v) is 11.7. The van der Waals surface area contributed by atoms with Crippen LogP contribution in [0.5, 0.6) is 5.75 Å². The number of nitrogens with zero attached hydrogens (tertiary/aromatic N) is 2. The van der Waals surface area contributed by atoms with E-state index in [1.807, 2.05) is 24.0 Å². The Hall–Kier alpha value is -2.83. The zero-order valence-electron chi connectivity index (χ0n) is 19.2. The molecule has 2 aromatic rings. The van der Waals surface area contributed by atoms with E-state index in [4.69, 9.17) is 9.15 Å². The van der Waals surface area contributed by atoms with Crippen LogP contribution in [0.25, 0.3) is 11.0 Å². The van der Waals surface area contributed by atoms with Crippen LogP contribution >= 0.6 is 0 Å². The largest absolute Gasteiger partial charge is 0.480 e. The average Bonchev–Trinajstić information content (AvgIpc) is 3.62. The summed E-state index contributed by atoms with van der Waals surface area (Å²) in [4.78, 5) is 41.2. The number of ether oxygens (including phenoxy) is 1. The molecule has 1 aromatic carbocycles. The van der Waals surface area contributed by atoms with E-state index < -0.39 is 6.10 Å². The molecular weight excluding hydrogens is 408 g/mol. The highest BCUT2D eigenvalue weighted by atomic mass is 16.5. The maximum atomic E-state index is 13.1. The van der Waals surface area contributed by atoms with E-state index in [1.54, 1.807) is 17.9 Å². The topological polar surface area (TPSA) is 80.1 Å². The van der Waals surface area contributed by atoms with Gasteiger partial charge < -0.3 is 19.0 Å². The number of carbonyl (C=O) groups excluding carboxylic acids is 2. The summed E-state index contributed by atoms with van der Waals surface area (Å²) in [6, 6.07) is 5.30. The predicted octanol–water partition coefficient (Wildman–Crippen LogP) is 3.29. The van der Waals surface area contributed by atoms with Crippen molar-refractivity contribution in [3.63, 3.8) is 0 Å². The molecule has 1 unspecified atom stereocenters. The highest BCUT2D eigenvalue weighted by Crippen LogP contribution is 2.32. The van der Waals surface area contributed by atoms with Crippen LogP contribution < -0.4 is 10.4 Å². The molecule has 0 spiro atoms. The number of benzene rings is 1. The molecule has 4 rings (SSSR count). The first-order chi connectivity index (χ1) is 15.4. The van der Waals surface area contributed by atoms with Gasteiger partial charge >= 0.3 is 5.63 Å². The lowest BCUT2D eigenvalue weighted by atomic mass is 10.0. The second-order valence-corrected chi connectivity index (χ2v) is 8.94. The Balaban J connectivity index is 1.46. The highest BCUT2D eigenvalue weighted by molar-refractivity contribution is 5.86. The van der Waals surface area contributed by atoms with Crippen molar-refractivity contribution in [2.24, 2.45) is 5.92 Å². The molecule has 172 valence electrons. The molecule has 0 N–H and O–H groups in total. The minimum atomic E-state index is -0.678. The molecule has 2 amide bonds. The van der Waals surface area contributed by atoms with Crippen LogP contribution in [0, 0.1) is 12.8 Å². The number of carbonyl (C=O) groups is 2. The SMILES string of the molecule is CCCc1cc(=O)oc2c(C)c(OC(C)C(=O)N3CCCN(C(=O)C4CC4)CC3)ccc12.